The van der Waals surface area contributed by atoms with Crippen LogP contribution in [-0.2, 0) is 0 Å². The van der Waals surface area contributed by atoms with E-state index in [0.29, 0.717) is 55.6 Å². The SMILES string of the molecule is Oc1ccc([C@H](c2c(O)c3c4c5c2O[C@H](c2ccc(O)cc2)[C@H]5c2cc(O)cc(O)c2[C@H](c2ccc(O)cc2)[C@@H]4[C@@H](c2ccc(O)cc2)[C@@H]3c2cc(O)cc(O)c2)[C@@H]2c3cc(O)cc(O)c3[C@H](c3ccc(O)cc3)[C@H]3c4c2c(O)cc(O)c4[C@H](c2cc(O)cc(O)c2)[C@@H]3c2ccc(O)cc2)cc1. The average molecular weight is 1360 g/mol. The third-order valence-electron chi connectivity index (χ3n) is 22.0. The summed E-state index contributed by atoms with van der Waals surface area (Å²) in [5.74, 6) is -17.5. The zero-order valence-electron chi connectivity index (χ0n) is 53.6. The fraction of sp³-hybridized carbons (Fsp3) is 0.143. The summed E-state index contributed by atoms with van der Waals surface area (Å²) in [6.07, 6.45) is -1.20. The topological polar surface area (TPSA) is 353 Å². The van der Waals surface area contributed by atoms with Crippen LogP contribution in [-0.4, -0.2) is 86.8 Å². The summed E-state index contributed by atoms with van der Waals surface area (Å²) in [4.78, 5) is 0. The van der Waals surface area contributed by atoms with Gasteiger partial charge in [-0.2, -0.15) is 0 Å². The van der Waals surface area contributed by atoms with Crippen LogP contribution in [0.1, 0.15) is 177 Å². The number of rotatable bonds is 10. The van der Waals surface area contributed by atoms with Crippen molar-refractivity contribution in [2.75, 3.05) is 0 Å². The molecule has 0 bridgehead atoms. The third kappa shape index (κ3) is 9.60. The van der Waals surface area contributed by atoms with E-state index in [-0.39, 0.29) is 125 Å². The van der Waals surface area contributed by atoms with Crippen molar-refractivity contribution in [3.8, 4) is 103 Å². The van der Waals surface area contributed by atoms with Crippen molar-refractivity contribution in [2.24, 2.45) is 0 Å². The van der Waals surface area contributed by atoms with Crippen LogP contribution < -0.4 is 4.74 Å². The van der Waals surface area contributed by atoms with Crippen LogP contribution in [0.2, 0.25) is 0 Å². The fourth-order valence-corrected chi connectivity index (χ4v) is 18.6. The number of phenolic OH excluding ortho intramolecular Hbond substituents is 17. The van der Waals surface area contributed by atoms with Gasteiger partial charge < -0.3 is 91.5 Å². The molecule has 0 aromatic heterocycles. The van der Waals surface area contributed by atoms with Crippen LogP contribution in [0.15, 0.2) is 212 Å². The van der Waals surface area contributed by atoms with Crippen molar-refractivity contribution < 1.29 is 91.5 Å². The maximum Gasteiger partial charge on any atom is 0.135 e. The molecule has 17 rings (SSSR count). The molecular weight excluding hydrogens is 1300 g/mol. The molecule has 12 aromatic carbocycles. The summed E-state index contributed by atoms with van der Waals surface area (Å²) in [7, 11) is 0. The molecule has 4 aliphatic carbocycles. The van der Waals surface area contributed by atoms with Crippen LogP contribution in [0.3, 0.4) is 0 Å². The molecule has 508 valence electrons. The molecule has 102 heavy (non-hydrogen) atoms. The Morgan fingerprint density at radius 1 is 0.235 bits per heavy atom. The van der Waals surface area contributed by atoms with Crippen LogP contribution >= 0.6 is 0 Å². The molecule has 0 radical (unpaired) electrons. The highest BCUT2D eigenvalue weighted by atomic mass is 16.5. The number of ether oxygens (including phenoxy) is 1. The average Bonchev–Trinajstić information content (AvgIpc) is 1.51. The Morgan fingerprint density at radius 2 is 0.578 bits per heavy atom. The van der Waals surface area contributed by atoms with Crippen molar-refractivity contribution in [1.82, 2.24) is 0 Å². The van der Waals surface area contributed by atoms with Crippen LogP contribution in [0.4, 0.5) is 0 Å². The number of hydrogen-bond donors (Lipinski definition) is 17. The van der Waals surface area contributed by atoms with Gasteiger partial charge in [0.2, 0.25) is 0 Å². The first kappa shape index (κ1) is 62.6. The standard InChI is InChI=1S/C84H64O18/c85-44-13-1-36(2-14-44)62-67(42-25-50(91)29-51(92)26-42)73-60(99)35-61(100)74-71(56-31-54(95)33-58(97)69(56)64(75(62)77(73)74)38-5-17-46(87)18-6-38)66(40-9-21-48(89)22-10-40)81-82(101)79-68(43-27-52(93)30-53(94)28-43)63(37-3-15-45(86)16-4-37)76-65(39-7-19-47(88)20-8-39)70-57(32-55(96)34-59(70)98)72-80(78(76)79)84(81)102-83(72)41-11-23-49(90)24-12-41/h1-35,62-68,71-72,75-76,83,85-101H/t62-,63-,64-,65-,66-,67+,68-,71-,72-,75-,76-,83+/m0/s1. The maximum absolute atomic E-state index is 15.1. The Morgan fingerprint density at radius 3 is 1.03 bits per heavy atom. The predicted octanol–water partition coefficient (Wildman–Crippen LogP) is 15.2. The molecule has 0 saturated heterocycles. The van der Waals surface area contributed by atoms with Crippen molar-refractivity contribution in [1.29, 1.82) is 0 Å². The Labute approximate surface area is 581 Å². The normalized spacial score (nSPS) is 21.9. The third-order valence-corrected chi connectivity index (χ3v) is 22.0. The molecule has 12 aromatic rings. The predicted molar refractivity (Wildman–Crippen MR) is 373 cm³/mol. The van der Waals surface area contributed by atoms with Gasteiger partial charge in [-0.3, -0.25) is 0 Å². The maximum atomic E-state index is 15.1. The molecule has 1 heterocycles. The number of hydrogen-bond acceptors (Lipinski definition) is 18. The number of fused-ring (bicyclic) bond motifs is 3. The van der Waals surface area contributed by atoms with E-state index in [2.05, 4.69) is 0 Å². The van der Waals surface area contributed by atoms with E-state index in [0.717, 1.165) is 12.1 Å². The van der Waals surface area contributed by atoms with Crippen LogP contribution in [0.5, 0.6) is 103 Å². The lowest BCUT2D eigenvalue weighted by Gasteiger charge is -2.35. The summed E-state index contributed by atoms with van der Waals surface area (Å²) in [6.45, 7) is 0. The molecule has 5 aliphatic rings. The minimum Gasteiger partial charge on any atom is -0.508 e. The van der Waals surface area contributed by atoms with Crippen molar-refractivity contribution in [3.05, 3.63) is 318 Å². The lowest BCUT2D eigenvalue weighted by molar-refractivity contribution is 0.218. The highest BCUT2D eigenvalue weighted by Gasteiger charge is 2.60. The molecular formula is C84H64O18. The molecule has 1 aliphatic heterocycles. The van der Waals surface area contributed by atoms with Gasteiger partial charge in [0.05, 0.1) is 5.92 Å². The number of benzene rings is 12. The molecule has 18 heteroatoms. The molecule has 17 N–H and O–H groups in total. The van der Waals surface area contributed by atoms with E-state index in [1.54, 1.807) is 78.9 Å². The van der Waals surface area contributed by atoms with E-state index in [1.165, 1.54) is 121 Å². The highest BCUT2D eigenvalue weighted by Crippen LogP contribution is 2.75. The van der Waals surface area contributed by atoms with Gasteiger partial charge in [0.15, 0.2) is 0 Å². The van der Waals surface area contributed by atoms with E-state index < -0.39 is 99.9 Å². The van der Waals surface area contributed by atoms with E-state index in [9.17, 15) is 81.7 Å². The largest absolute Gasteiger partial charge is 0.508 e. The minimum absolute atomic E-state index is 0.0172. The Balaban J connectivity index is 1.08. The van der Waals surface area contributed by atoms with Gasteiger partial charge in [0.1, 0.15) is 110 Å². The second-order valence-corrected chi connectivity index (χ2v) is 27.5. The van der Waals surface area contributed by atoms with E-state index in [1.807, 2.05) is 0 Å². The minimum atomic E-state index is -1.52. The fourth-order valence-electron chi connectivity index (χ4n) is 18.6. The van der Waals surface area contributed by atoms with Gasteiger partial charge in [-0.05, 0) is 176 Å². The zero-order chi connectivity index (χ0) is 70.7. The van der Waals surface area contributed by atoms with Gasteiger partial charge in [0.25, 0.3) is 0 Å². The second-order valence-electron chi connectivity index (χ2n) is 27.5. The number of aromatic hydroxyl groups is 17. The van der Waals surface area contributed by atoms with Gasteiger partial charge in [0, 0.05) is 128 Å². The van der Waals surface area contributed by atoms with Crippen LogP contribution in [0, 0.1) is 0 Å². The lowest BCUT2D eigenvalue weighted by atomic mass is 9.68. The van der Waals surface area contributed by atoms with Crippen LogP contribution in [0.25, 0.3) is 0 Å². The number of phenols is 17. The summed E-state index contributed by atoms with van der Waals surface area (Å²) in [6, 6.07) is 52.5. The van der Waals surface area contributed by atoms with Gasteiger partial charge in [-0.1, -0.05) is 72.8 Å². The monoisotopic (exact) mass is 1360 g/mol. The van der Waals surface area contributed by atoms with Gasteiger partial charge in [-0.15, -0.1) is 0 Å². The molecule has 0 spiro atoms. The molecule has 0 unspecified atom stereocenters. The van der Waals surface area contributed by atoms with Crippen molar-refractivity contribution >= 4 is 0 Å². The van der Waals surface area contributed by atoms with Crippen molar-refractivity contribution in [2.45, 2.75) is 71.2 Å². The molecule has 0 amide bonds. The van der Waals surface area contributed by atoms with Crippen molar-refractivity contribution in [3.63, 3.8) is 0 Å². The lowest BCUT2D eigenvalue weighted by Crippen LogP contribution is -2.20. The Hall–Kier alpha value is -13.0. The first-order valence-corrected chi connectivity index (χ1v) is 33.2. The first-order valence-electron chi connectivity index (χ1n) is 33.2. The Kier molecular flexibility index (Phi) is 14.1. The Bertz CT molecular complexity index is 5370. The van der Waals surface area contributed by atoms with Gasteiger partial charge >= 0.3 is 0 Å². The van der Waals surface area contributed by atoms with E-state index >= 15 is 5.11 Å². The molecule has 12 atom stereocenters. The second kappa shape index (κ2) is 23.1. The summed E-state index contributed by atoms with van der Waals surface area (Å²) in [5.41, 5.74) is 5.90. The zero-order valence-corrected chi connectivity index (χ0v) is 53.6. The smallest absolute Gasteiger partial charge is 0.135 e. The first-order chi connectivity index (χ1) is 49.1. The van der Waals surface area contributed by atoms with E-state index in [4.69, 9.17) is 4.74 Å². The summed E-state index contributed by atoms with van der Waals surface area (Å²) >= 11 is 0. The summed E-state index contributed by atoms with van der Waals surface area (Å²) in [5, 5.41) is 206. The molecule has 0 saturated carbocycles. The highest BCUT2D eigenvalue weighted by molar-refractivity contribution is 5.79. The quantitative estimate of drug-likeness (QED) is 0.0605. The van der Waals surface area contributed by atoms with Gasteiger partial charge in [-0.25, -0.2) is 0 Å². The molecule has 0 fully saturated rings. The summed E-state index contributed by atoms with van der Waals surface area (Å²) < 4.78 is 7.75. The molecule has 18 nitrogen and oxygen atoms in total.